The molecule has 0 fully saturated rings. The number of methoxy groups -OCH3 is 2. The highest BCUT2D eigenvalue weighted by molar-refractivity contribution is 6.30. The van der Waals surface area contributed by atoms with Crippen LogP contribution < -0.4 is 18.9 Å². The number of ether oxygens (including phenoxy) is 4. The zero-order valence-electron chi connectivity index (χ0n) is 19.7. The number of carbonyl (C=O) groups is 1. The van der Waals surface area contributed by atoms with E-state index >= 15 is 0 Å². The molecule has 184 valence electrons. The molecule has 9 heteroatoms. The third kappa shape index (κ3) is 4.94. The molecule has 0 N–H and O–H groups in total. The molecule has 36 heavy (non-hydrogen) atoms. The molecule has 0 atom stereocenters. The Morgan fingerprint density at radius 2 is 1.75 bits per heavy atom. The summed E-state index contributed by atoms with van der Waals surface area (Å²) in [6.45, 7) is 0.729. The molecule has 0 unspecified atom stereocenters. The van der Waals surface area contributed by atoms with Crippen LogP contribution in [0.2, 0.25) is 5.02 Å². The Morgan fingerprint density at radius 3 is 2.53 bits per heavy atom. The molecule has 2 heterocycles. The SMILES string of the molecule is COc1ccc(-c2cc(CN(Cc3ccc4c(c3)OCO4)C(=O)c3ccc(Cl)cc3)no2)c(OC)c1. The van der Waals surface area contributed by atoms with Crippen molar-refractivity contribution in [1.29, 1.82) is 0 Å². The van der Waals surface area contributed by atoms with E-state index in [4.69, 9.17) is 35.1 Å². The van der Waals surface area contributed by atoms with E-state index in [2.05, 4.69) is 5.16 Å². The predicted octanol–water partition coefficient (Wildman–Crippen LogP) is 5.58. The second-order valence-electron chi connectivity index (χ2n) is 8.10. The number of halogens is 1. The standard InChI is InChI=1S/C27H23ClN2O6/c1-32-21-8-9-22(24(13-21)33-2)25-12-20(29-36-25)15-30(27(31)18-4-6-19(28)7-5-18)14-17-3-10-23-26(11-17)35-16-34-23/h3-13H,14-16H2,1-2H3. The van der Waals surface area contributed by atoms with Gasteiger partial charge in [0.2, 0.25) is 6.79 Å². The quantitative estimate of drug-likeness (QED) is 0.308. The molecule has 0 bridgehead atoms. The molecular formula is C27H23ClN2O6. The van der Waals surface area contributed by atoms with Gasteiger partial charge in [0.1, 0.15) is 17.2 Å². The number of carbonyl (C=O) groups excluding carboxylic acids is 1. The highest BCUT2D eigenvalue weighted by atomic mass is 35.5. The molecule has 0 saturated carbocycles. The summed E-state index contributed by atoms with van der Waals surface area (Å²) in [7, 11) is 3.17. The predicted molar refractivity (Wildman–Crippen MR) is 133 cm³/mol. The Hall–Kier alpha value is -4.17. The second-order valence-corrected chi connectivity index (χ2v) is 8.54. The van der Waals surface area contributed by atoms with Crippen LogP contribution >= 0.6 is 11.6 Å². The van der Waals surface area contributed by atoms with E-state index in [1.165, 1.54) is 0 Å². The van der Waals surface area contributed by atoms with Gasteiger partial charge in [0.05, 0.1) is 26.3 Å². The second kappa shape index (κ2) is 10.2. The third-order valence-electron chi connectivity index (χ3n) is 5.77. The molecular weight excluding hydrogens is 484 g/mol. The minimum Gasteiger partial charge on any atom is -0.497 e. The summed E-state index contributed by atoms with van der Waals surface area (Å²) in [6, 6.07) is 19.6. The van der Waals surface area contributed by atoms with Crippen molar-refractivity contribution in [2.75, 3.05) is 21.0 Å². The number of hydrogen-bond donors (Lipinski definition) is 0. The molecule has 4 aromatic rings. The van der Waals surface area contributed by atoms with Crippen LogP contribution in [0.25, 0.3) is 11.3 Å². The van der Waals surface area contributed by atoms with Gasteiger partial charge in [-0.25, -0.2) is 0 Å². The maximum absolute atomic E-state index is 13.5. The van der Waals surface area contributed by atoms with Crippen molar-refractivity contribution >= 4 is 17.5 Å². The van der Waals surface area contributed by atoms with Gasteiger partial charge in [0.25, 0.3) is 5.91 Å². The van der Waals surface area contributed by atoms with Gasteiger partial charge in [-0.05, 0) is 54.1 Å². The fraction of sp³-hybridized carbons (Fsp3) is 0.185. The monoisotopic (exact) mass is 506 g/mol. The molecule has 1 amide bonds. The molecule has 1 aromatic heterocycles. The smallest absolute Gasteiger partial charge is 0.254 e. The fourth-order valence-electron chi connectivity index (χ4n) is 3.95. The first-order valence-electron chi connectivity index (χ1n) is 11.2. The lowest BCUT2D eigenvalue weighted by molar-refractivity contribution is 0.0726. The first-order valence-corrected chi connectivity index (χ1v) is 11.5. The van der Waals surface area contributed by atoms with E-state index in [0.29, 0.717) is 51.6 Å². The number of aromatic nitrogens is 1. The number of hydrogen-bond acceptors (Lipinski definition) is 7. The number of fused-ring (bicyclic) bond motifs is 1. The van der Waals surface area contributed by atoms with Crippen LogP contribution in [-0.2, 0) is 13.1 Å². The molecule has 1 aliphatic rings. The maximum Gasteiger partial charge on any atom is 0.254 e. The molecule has 8 nitrogen and oxygen atoms in total. The van der Waals surface area contributed by atoms with Crippen molar-refractivity contribution in [1.82, 2.24) is 10.1 Å². The minimum atomic E-state index is -0.170. The maximum atomic E-state index is 13.5. The lowest BCUT2D eigenvalue weighted by Crippen LogP contribution is -2.30. The Kier molecular flexibility index (Phi) is 6.69. The first-order chi connectivity index (χ1) is 17.5. The van der Waals surface area contributed by atoms with Gasteiger partial charge in [0, 0.05) is 29.3 Å². The summed E-state index contributed by atoms with van der Waals surface area (Å²) < 4.78 is 27.3. The number of nitrogens with zero attached hydrogens (tertiary/aromatic N) is 2. The van der Waals surface area contributed by atoms with Gasteiger partial charge in [-0.3, -0.25) is 4.79 Å². The highest BCUT2D eigenvalue weighted by Crippen LogP contribution is 2.35. The van der Waals surface area contributed by atoms with E-state index in [1.54, 1.807) is 55.5 Å². The average molecular weight is 507 g/mol. The summed E-state index contributed by atoms with van der Waals surface area (Å²) in [5.41, 5.74) is 2.72. The Labute approximate surface area is 212 Å². The molecule has 1 aliphatic heterocycles. The molecule has 5 rings (SSSR count). The summed E-state index contributed by atoms with van der Waals surface area (Å²) in [5.74, 6) is 2.94. The minimum absolute atomic E-state index is 0.170. The Morgan fingerprint density at radius 1 is 0.944 bits per heavy atom. The largest absolute Gasteiger partial charge is 0.497 e. The molecule has 3 aromatic carbocycles. The highest BCUT2D eigenvalue weighted by Gasteiger charge is 2.22. The number of benzene rings is 3. The van der Waals surface area contributed by atoms with Crippen molar-refractivity contribution in [3.8, 4) is 34.3 Å². The molecule has 0 saturated heterocycles. The van der Waals surface area contributed by atoms with Gasteiger partial charge < -0.3 is 28.4 Å². The van der Waals surface area contributed by atoms with Crippen molar-refractivity contribution in [2.45, 2.75) is 13.1 Å². The Balaban J connectivity index is 1.43. The van der Waals surface area contributed by atoms with E-state index < -0.39 is 0 Å². The van der Waals surface area contributed by atoms with Crippen LogP contribution in [-0.4, -0.2) is 37.0 Å². The van der Waals surface area contributed by atoms with E-state index in [1.807, 2.05) is 30.3 Å². The number of amides is 1. The van der Waals surface area contributed by atoms with Gasteiger partial charge >= 0.3 is 0 Å². The summed E-state index contributed by atoms with van der Waals surface area (Å²) in [4.78, 5) is 15.2. The zero-order chi connectivity index (χ0) is 25.1. The van der Waals surface area contributed by atoms with Crippen LogP contribution in [0.1, 0.15) is 21.6 Å². The topological polar surface area (TPSA) is 83.3 Å². The van der Waals surface area contributed by atoms with Crippen molar-refractivity contribution in [3.63, 3.8) is 0 Å². The molecule has 0 spiro atoms. The lowest BCUT2D eigenvalue weighted by Gasteiger charge is -2.22. The van der Waals surface area contributed by atoms with Crippen molar-refractivity contribution in [2.24, 2.45) is 0 Å². The normalized spacial score (nSPS) is 11.9. The average Bonchev–Trinajstić information content (AvgIpc) is 3.57. The van der Waals surface area contributed by atoms with Gasteiger partial charge in [-0.15, -0.1) is 0 Å². The van der Waals surface area contributed by atoms with Gasteiger partial charge in [-0.2, -0.15) is 0 Å². The van der Waals surface area contributed by atoms with E-state index in [0.717, 1.165) is 11.1 Å². The van der Waals surface area contributed by atoms with Crippen molar-refractivity contribution in [3.05, 3.63) is 88.6 Å². The summed E-state index contributed by atoms with van der Waals surface area (Å²) in [5, 5.41) is 4.78. The molecule has 0 aliphatic carbocycles. The van der Waals surface area contributed by atoms with E-state index in [-0.39, 0.29) is 19.2 Å². The number of rotatable bonds is 8. The van der Waals surface area contributed by atoms with Crippen LogP contribution in [0.4, 0.5) is 0 Å². The van der Waals surface area contributed by atoms with Crippen molar-refractivity contribution < 1.29 is 28.3 Å². The lowest BCUT2D eigenvalue weighted by atomic mass is 10.1. The summed E-state index contributed by atoms with van der Waals surface area (Å²) in [6.07, 6.45) is 0. The van der Waals surface area contributed by atoms with Crippen LogP contribution in [0, 0.1) is 0 Å². The Bertz CT molecular complexity index is 1390. The first kappa shape index (κ1) is 23.6. The van der Waals surface area contributed by atoms with Crippen LogP contribution in [0.5, 0.6) is 23.0 Å². The molecule has 0 radical (unpaired) electrons. The van der Waals surface area contributed by atoms with Crippen LogP contribution in [0.3, 0.4) is 0 Å². The fourth-order valence-corrected chi connectivity index (χ4v) is 4.07. The van der Waals surface area contributed by atoms with Crippen LogP contribution in [0.15, 0.2) is 71.3 Å². The summed E-state index contributed by atoms with van der Waals surface area (Å²) >= 11 is 6.02. The van der Waals surface area contributed by atoms with E-state index in [9.17, 15) is 4.79 Å². The van der Waals surface area contributed by atoms with Gasteiger partial charge in [-0.1, -0.05) is 22.8 Å². The zero-order valence-corrected chi connectivity index (χ0v) is 20.4. The third-order valence-corrected chi connectivity index (χ3v) is 6.03. The van der Waals surface area contributed by atoms with Gasteiger partial charge in [0.15, 0.2) is 17.3 Å².